The summed E-state index contributed by atoms with van der Waals surface area (Å²) >= 11 is 5.76. The van der Waals surface area contributed by atoms with Gasteiger partial charge in [0.1, 0.15) is 5.82 Å². The second-order valence-electron chi connectivity index (χ2n) is 5.76. The van der Waals surface area contributed by atoms with E-state index >= 15 is 0 Å². The number of nitrogens with zero attached hydrogens (tertiary/aromatic N) is 1. The van der Waals surface area contributed by atoms with Crippen molar-refractivity contribution in [3.63, 3.8) is 0 Å². The summed E-state index contributed by atoms with van der Waals surface area (Å²) in [5, 5.41) is 5.10. The van der Waals surface area contributed by atoms with Gasteiger partial charge >= 0.3 is 6.03 Å². The quantitative estimate of drug-likeness (QED) is 0.572. The molecular weight excluding hydrogens is 416 g/mol. The van der Waals surface area contributed by atoms with Gasteiger partial charge < -0.3 is 5.32 Å². The maximum atomic E-state index is 12.4. The predicted molar refractivity (Wildman–Crippen MR) is 109 cm³/mol. The molecule has 0 atom stereocenters. The van der Waals surface area contributed by atoms with Crippen molar-refractivity contribution in [1.29, 1.82) is 0 Å². The number of carbonyl (C=O) groups excluding carboxylic acids is 2. The van der Waals surface area contributed by atoms with Crippen molar-refractivity contribution < 1.29 is 18.0 Å². The van der Waals surface area contributed by atoms with Gasteiger partial charge in [0.25, 0.3) is 15.9 Å². The molecule has 0 aliphatic rings. The molecule has 148 valence electrons. The number of amides is 3. The first-order valence-electron chi connectivity index (χ1n) is 8.25. The van der Waals surface area contributed by atoms with E-state index in [2.05, 4.69) is 20.3 Å². The lowest BCUT2D eigenvalue weighted by molar-refractivity contribution is 0.0967. The SMILES string of the molecule is O=C(NC(=O)c1ccc(Cl)cc1)Nc1ccc(S(=O)(=O)Nc2ccccn2)cc1. The number of nitrogens with one attached hydrogen (secondary N) is 3. The fourth-order valence-electron chi connectivity index (χ4n) is 2.28. The Bertz CT molecular complexity index is 1120. The molecule has 3 rings (SSSR count). The zero-order chi connectivity index (χ0) is 20.9. The average Bonchev–Trinajstić information content (AvgIpc) is 2.69. The van der Waals surface area contributed by atoms with Crippen LogP contribution in [0.25, 0.3) is 0 Å². The Labute approximate surface area is 172 Å². The first kappa shape index (κ1) is 20.3. The minimum Gasteiger partial charge on any atom is -0.308 e. The van der Waals surface area contributed by atoms with Crippen molar-refractivity contribution in [3.05, 3.63) is 83.5 Å². The van der Waals surface area contributed by atoms with Crippen LogP contribution >= 0.6 is 11.6 Å². The third-order valence-corrected chi connectivity index (χ3v) is 5.28. The fraction of sp³-hybridized carbons (Fsp3) is 0. The van der Waals surface area contributed by atoms with Crippen molar-refractivity contribution in [2.24, 2.45) is 0 Å². The Balaban J connectivity index is 1.62. The Hall–Kier alpha value is -3.43. The van der Waals surface area contributed by atoms with E-state index in [1.165, 1.54) is 60.8 Å². The van der Waals surface area contributed by atoms with Crippen LogP contribution in [0.4, 0.5) is 16.3 Å². The molecule has 3 amide bonds. The van der Waals surface area contributed by atoms with Crippen LogP contribution in [0.2, 0.25) is 5.02 Å². The van der Waals surface area contributed by atoms with Crippen LogP contribution < -0.4 is 15.4 Å². The number of halogens is 1. The molecule has 0 bridgehead atoms. The number of aromatic nitrogens is 1. The number of pyridine rings is 1. The molecule has 0 unspecified atom stereocenters. The van der Waals surface area contributed by atoms with Gasteiger partial charge in [-0.1, -0.05) is 17.7 Å². The minimum absolute atomic E-state index is 0.00801. The Morgan fingerprint density at radius 2 is 1.59 bits per heavy atom. The van der Waals surface area contributed by atoms with Crippen molar-refractivity contribution in [1.82, 2.24) is 10.3 Å². The van der Waals surface area contributed by atoms with E-state index in [9.17, 15) is 18.0 Å². The van der Waals surface area contributed by atoms with Gasteiger partial charge in [-0.05, 0) is 60.7 Å². The topological polar surface area (TPSA) is 117 Å². The van der Waals surface area contributed by atoms with Crippen LogP contribution in [-0.2, 0) is 10.0 Å². The molecule has 1 aromatic heterocycles. The molecule has 0 radical (unpaired) electrons. The minimum atomic E-state index is -3.82. The van der Waals surface area contributed by atoms with Crippen LogP contribution in [0.15, 0.2) is 77.8 Å². The first-order chi connectivity index (χ1) is 13.8. The molecule has 2 aromatic carbocycles. The molecule has 3 aromatic rings. The molecule has 1 heterocycles. The summed E-state index contributed by atoms with van der Waals surface area (Å²) < 4.78 is 27.1. The van der Waals surface area contributed by atoms with Crippen LogP contribution in [0.5, 0.6) is 0 Å². The molecule has 0 spiro atoms. The van der Waals surface area contributed by atoms with Gasteiger partial charge in [0.2, 0.25) is 0 Å². The summed E-state index contributed by atoms with van der Waals surface area (Å²) in [5.41, 5.74) is 0.578. The van der Waals surface area contributed by atoms with Gasteiger partial charge in [0.15, 0.2) is 0 Å². The number of anilines is 2. The number of sulfonamides is 1. The predicted octanol–water partition coefficient (Wildman–Crippen LogP) is 3.50. The van der Waals surface area contributed by atoms with Crippen LogP contribution in [0, 0.1) is 0 Å². The number of hydrogen-bond donors (Lipinski definition) is 3. The summed E-state index contributed by atoms with van der Waals surface area (Å²) in [5.74, 6) is -0.410. The lowest BCUT2D eigenvalue weighted by Gasteiger charge is -2.09. The van der Waals surface area contributed by atoms with Gasteiger partial charge in [0.05, 0.1) is 4.90 Å². The van der Waals surface area contributed by atoms with Gasteiger partial charge in [-0.25, -0.2) is 18.2 Å². The smallest absolute Gasteiger partial charge is 0.308 e. The largest absolute Gasteiger partial charge is 0.326 e. The average molecular weight is 431 g/mol. The lowest BCUT2D eigenvalue weighted by atomic mass is 10.2. The van der Waals surface area contributed by atoms with Gasteiger partial charge in [-0.2, -0.15) is 0 Å². The molecular formula is C19H15ClN4O4S. The van der Waals surface area contributed by atoms with Crippen LogP contribution in [0.1, 0.15) is 10.4 Å². The maximum absolute atomic E-state index is 12.4. The highest BCUT2D eigenvalue weighted by Gasteiger charge is 2.15. The zero-order valence-electron chi connectivity index (χ0n) is 14.8. The van der Waals surface area contributed by atoms with Gasteiger partial charge in [-0.15, -0.1) is 0 Å². The van der Waals surface area contributed by atoms with Crippen molar-refractivity contribution in [3.8, 4) is 0 Å². The van der Waals surface area contributed by atoms with Crippen molar-refractivity contribution >= 4 is 45.1 Å². The fourth-order valence-corrected chi connectivity index (χ4v) is 3.41. The third-order valence-electron chi connectivity index (χ3n) is 3.66. The number of hydrogen-bond acceptors (Lipinski definition) is 5. The molecule has 3 N–H and O–H groups in total. The maximum Gasteiger partial charge on any atom is 0.326 e. The highest BCUT2D eigenvalue weighted by Crippen LogP contribution is 2.17. The van der Waals surface area contributed by atoms with E-state index in [4.69, 9.17) is 11.6 Å². The number of urea groups is 1. The van der Waals surface area contributed by atoms with E-state index in [0.29, 0.717) is 10.7 Å². The molecule has 29 heavy (non-hydrogen) atoms. The third kappa shape index (κ3) is 5.53. The van der Waals surface area contributed by atoms with E-state index in [1.807, 2.05) is 0 Å². The molecule has 0 saturated carbocycles. The Kier molecular flexibility index (Phi) is 6.10. The zero-order valence-corrected chi connectivity index (χ0v) is 16.4. The van der Waals surface area contributed by atoms with E-state index in [-0.39, 0.29) is 16.3 Å². The van der Waals surface area contributed by atoms with E-state index in [0.717, 1.165) is 0 Å². The molecule has 0 aliphatic carbocycles. The second kappa shape index (κ2) is 8.72. The van der Waals surface area contributed by atoms with Crippen LogP contribution in [-0.4, -0.2) is 25.3 Å². The normalized spacial score (nSPS) is 10.8. The molecule has 0 aliphatic heterocycles. The van der Waals surface area contributed by atoms with E-state index < -0.39 is 22.0 Å². The number of rotatable bonds is 5. The summed E-state index contributed by atoms with van der Waals surface area (Å²) in [4.78, 5) is 27.9. The van der Waals surface area contributed by atoms with Crippen molar-refractivity contribution in [2.75, 3.05) is 10.0 Å². The number of carbonyl (C=O) groups is 2. The highest BCUT2D eigenvalue weighted by molar-refractivity contribution is 7.92. The number of imide groups is 1. The molecule has 0 saturated heterocycles. The summed E-state index contributed by atoms with van der Waals surface area (Å²) in [6.45, 7) is 0. The Morgan fingerprint density at radius 3 is 2.21 bits per heavy atom. The number of benzene rings is 2. The Morgan fingerprint density at radius 1 is 0.897 bits per heavy atom. The summed E-state index contributed by atoms with van der Waals surface area (Å²) in [6, 6.07) is 15.6. The summed E-state index contributed by atoms with van der Waals surface area (Å²) in [6.07, 6.45) is 1.47. The first-order valence-corrected chi connectivity index (χ1v) is 10.1. The lowest BCUT2D eigenvalue weighted by Crippen LogP contribution is -2.34. The van der Waals surface area contributed by atoms with E-state index in [1.54, 1.807) is 12.1 Å². The molecule has 0 fully saturated rings. The monoisotopic (exact) mass is 430 g/mol. The van der Waals surface area contributed by atoms with Gasteiger partial charge in [0, 0.05) is 22.5 Å². The standard InChI is InChI=1S/C19H15ClN4O4S/c20-14-6-4-13(5-7-14)18(25)23-19(26)22-15-8-10-16(11-9-15)29(27,28)24-17-3-1-2-12-21-17/h1-12H,(H,21,24)(H2,22,23,25,26). The molecule has 10 heteroatoms. The second-order valence-corrected chi connectivity index (χ2v) is 7.88. The highest BCUT2D eigenvalue weighted by atomic mass is 35.5. The molecule has 8 nitrogen and oxygen atoms in total. The summed E-state index contributed by atoms with van der Waals surface area (Å²) in [7, 11) is -3.82. The van der Waals surface area contributed by atoms with Gasteiger partial charge in [-0.3, -0.25) is 14.8 Å². The van der Waals surface area contributed by atoms with Crippen molar-refractivity contribution in [2.45, 2.75) is 4.90 Å². The van der Waals surface area contributed by atoms with Crippen LogP contribution in [0.3, 0.4) is 0 Å².